The number of aliphatic carboxylic acids is 1. The molecule has 1 heterocycles. The summed E-state index contributed by atoms with van der Waals surface area (Å²) in [5.41, 5.74) is 0.854. The summed E-state index contributed by atoms with van der Waals surface area (Å²) in [6.07, 6.45) is 1.39. The molecule has 20 heavy (non-hydrogen) atoms. The van der Waals surface area contributed by atoms with Gasteiger partial charge in [0.25, 0.3) is 11.7 Å². The Labute approximate surface area is 115 Å². The van der Waals surface area contributed by atoms with Gasteiger partial charge in [-0.25, -0.2) is 4.79 Å². The van der Waals surface area contributed by atoms with Crippen molar-refractivity contribution in [1.82, 2.24) is 0 Å². The van der Waals surface area contributed by atoms with E-state index in [1.807, 2.05) is 0 Å². The number of ether oxygens (including phenoxy) is 1. The maximum atomic E-state index is 11.9. The minimum atomic E-state index is -1.06. The van der Waals surface area contributed by atoms with E-state index in [4.69, 9.17) is 9.84 Å². The van der Waals surface area contributed by atoms with Crippen LogP contribution in [-0.2, 0) is 9.59 Å². The van der Waals surface area contributed by atoms with Crippen LogP contribution in [0.1, 0.15) is 17.3 Å². The number of carboxylic acids is 1. The van der Waals surface area contributed by atoms with Crippen LogP contribution >= 0.6 is 0 Å². The van der Waals surface area contributed by atoms with Gasteiger partial charge in [0, 0.05) is 18.2 Å². The monoisotopic (exact) mass is 275 g/mol. The van der Waals surface area contributed by atoms with Crippen molar-refractivity contribution < 1.29 is 24.2 Å². The number of rotatable bonds is 4. The smallest absolute Gasteiger partial charge is 0.331 e. The molecule has 1 aliphatic rings. The van der Waals surface area contributed by atoms with Crippen LogP contribution in [0.15, 0.2) is 29.8 Å². The zero-order chi connectivity index (χ0) is 14.9. The predicted octanol–water partition coefficient (Wildman–Crippen LogP) is 1.26. The molecular formula is C14H13NO5. The van der Waals surface area contributed by atoms with E-state index in [9.17, 15) is 14.4 Å². The molecule has 0 unspecified atom stereocenters. The Morgan fingerprint density at radius 1 is 1.40 bits per heavy atom. The zero-order valence-corrected chi connectivity index (χ0v) is 11.0. The largest absolute Gasteiger partial charge is 0.497 e. The van der Waals surface area contributed by atoms with Crippen LogP contribution in [-0.4, -0.2) is 36.4 Å². The number of anilines is 1. The Bertz CT molecular complexity index is 632. The van der Waals surface area contributed by atoms with E-state index in [-0.39, 0.29) is 12.1 Å². The third-order valence-electron chi connectivity index (χ3n) is 3.10. The lowest BCUT2D eigenvalue weighted by Gasteiger charge is -2.15. The summed E-state index contributed by atoms with van der Waals surface area (Å²) in [4.78, 5) is 35.7. The molecule has 0 saturated heterocycles. The maximum Gasteiger partial charge on any atom is 0.331 e. The molecule has 0 aliphatic carbocycles. The summed E-state index contributed by atoms with van der Waals surface area (Å²) in [5.74, 6) is -1.80. The first kappa shape index (κ1) is 13.8. The fourth-order valence-corrected chi connectivity index (χ4v) is 1.90. The molecule has 0 spiro atoms. The number of Topliss-reactive ketones (excluding diaryl/α,β-unsaturated/α-hetero) is 1. The number of carboxylic acid groups (broad SMARTS) is 1. The summed E-state index contributed by atoms with van der Waals surface area (Å²) in [5, 5.41) is 8.79. The highest BCUT2D eigenvalue weighted by atomic mass is 16.5. The molecule has 0 radical (unpaired) electrons. The molecule has 104 valence electrons. The number of hydrogen-bond acceptors (Lipinski definition) is 4. The van der Waals surface area contributed by atoms with Crippen molar-refractivity contribution in [1.29, 1.82) is 0 Å². The first-order valence-electron chi connectivity index (χ1n) is 5.90. The molecule has 0 saturated carbocycles. The van der Waals surface area contributed by atoms with Crippen LogP contribution in [0.25, 0.3) is 0 Å². The number of benzene rings is 1. The highest BCUT2D eigenvalue weighted by molar-refractivity contribution is 6.52. The number of amides is 1. The second kappa shape index (κ2) is 5.16. The first-order chi connectivity index (χ1) is 9.45. The highest BCUT2D eigenvalue weighted by Crippen LogP contribution is 2.32. The van der Waals surface area contributed by atoms with E-state index >= 15 is 0 Å². The molecule has 1 amide bonds. The molecule has 6 nitrogen and oxygen atoms in total. The van der Waals surface area contributed by atoms with Crippen LogP contribution in [0.5, 0.6) is 5.75 Å². The number of nitrogens with zero attached hydrogens (tertiary/aromatic N) is 1. The van der Waals surface area contributed by atoms with Gasteiger partial charge in [0.05, 0.1) is 18.4 Å². The van der Waals surface area contributed by atoms with E-state index in [0.717, 1.165) is 0 Å². The minimum Gasteiger partial charge on any atom is -0.497 e. The highest BCUT2D eigenvalue weighted by Gasteiger charge is 2.35. The lowest BCUT2D eigenvalue weighted by atomic mass is 10.1. The van der Waals surface area contributed by atoms with E-state index in [1.54, 1.807) is 12.1 Å². The third-order valence-corrected chi connectivity index (χ3v) is 3.10. The van der Waals surface area contributed by atoms with Crippen molar-refractivity contribution in [2.24, 2.45) is 0 Å². The van der Waals surface area contributed by atoms with Gasteiger partial charge >= 0.3 is 5.97 Å². The van der Waals surface area contributed by atoms with Gasteiger partial charge in [0.15, 0.2) is 0 Å². The summed E-state index contributed by atoms with van der Waals surface area (Å²) in [6.45, 7) is 1.46. The molecule has 1 N–H and O–H groups in total. The summed E-state index contributed by atoms with van der Waals surface area (Å²) < 4.78 is 5.06. The fraction of sp³-hybridized carbons (Fsp3) is 0.214. The van der Waals surface area contributed by atoms with Gasteiger partial charge in [-0.05, 0) is 19.1 Å². The zero-order valence-electron chi connectivity index (χ0n) is 11.0. The van der Waals surface area contributed by atoms with Crippen molar-refractivity contribution in [3.63, 3.8) is 0 Å². The van der Waals surface area contributed by atoms with Crippen LogP contribution in [0.2, 0.25) is 0 Å². The molecule has 1 aromatic rings. The first-order valence-corrected chi connectivity index (χ1v) is 5.90. The molecule has 2 rings (SSSR count). The van der Waals surface area contributed by atoms with Gasteiger partial charge in [-0.1, -0.05) is 6.08 Å². The van der Waals surface area contributed by atoms with Crippen LogP contribution < -0.4 is 9.64 Å². The average molecular weight is 275 g/mol. The normalized spacial score (nSPS) is 14.5. The predicted molar refractivity (Wildman–Crippen MR) is 71.1 cm³/mol. The molecule has 0 atom stereocenters. The Morgan fingerprint density at radius 2 is 2.10 bits per heavy atom. The maximum absolute atomic E-state index is 11.9. The summed E-state index contributed by atoms with van der Waals surface area (Å²) in [7, 11) is 1.49. The van der Waals surface area contributed by atoms with Crippen LogP contribution in [0.4, 0.5) is 5.69 Å². The molecular weight excluding hydrogens is 262 g/mol. The minimum absolute atomic E-state index is 0.0306. The van der Waals surface area contributed by atoms with Crippen molar-refractivity contribution in [2.75, 3.05) is 18.6 Å². The SMILES string of the molecule is COc1ccc2c(c1)N(CC=C(C)C(=O)O)C(=O)C2=O. The topological polar surface area (TPSA) is 83.9 Å². The summed E-state index contributed by atoms with van der Waals surface area (Å²) >= 11 is 0. The van der Waals surface area contributed by atoms with Gasteiger partial charge in [0.2, 0.25) is 0 Å². The van der Waals surface area contributed by atoms with E-state index in [1.165, 1.54) is 31.1 Å². The van der Waals surface area contributed by atoms with Crippen molar-refractivity contribution in [3.8, 4) is 5.75 Å². The molecule has 0 aromatic heterocycles. The number of fused-ring (bicyclic) bond motifs is 1. The summed E-state index contributed by atoms with van der Waals surface area (Å²) in [6, 6.07) is 4.72. The van der Waals surface area contributed by atoms with E-state index < -0.39 is 17.7 Å². The second-order valence-electron chi connectivity index (χ2n) is 4.32. The van der Waals surface area contributed by atoms with Crippen molar-refractivity contribution in [2.45, 2.75) is 6.92 Å². The average Bonchev–Trinajstić information content (AvgIpc) is 2.68. The number of hydrogen-bond donors (Lipinski definition) is 1. The van der Waals surface area contributed by atoms with Crippen LogP contribution in [0, 0.1) is 0 Å². The number of carbonyl (C=O) groups excluding carboxylic acids is 2. The quantitative estimate of drug-likeness (QED) is 0.660. The number of methoxy groups -OCH3 is 1. The fourth-order valence-electron chi connectivity index (χ4n) is 1.90. The lowest BCUT2D eigenvalue weighted by molar-refractivity contribution is -0.132. The van der Waals surface area contributed by atoms with E-state index in [0.29, 0.717) is 17.0 Å². The Hall–Kier alpha value is -2.63. The number of ketones is 1. The van der Waals surface area contributed by atoms with E-state index in [2.05, 4.69) is 0 Å². The van der Waals surface area contributed by atoms with Gasteiger partial charge < -0.3 is 14.7 Å². The van der Waals surface area contributed by atoms with Gasteiger partial charge in [-0.2, -0.15) is 0 Å². The molecule has 6 heteroatoms. The van der Waals surface area contributed by atoms with Crippen molar-refractivity contribution in [3.05, 3.63) is 35.4 Å². The standard InChI is InChI=1S/C14H13NO5/c1-8(14(18)19)5-6-15-11-7-9(20-2)3-4-10(11)12(16)13(15)17/h3-5,7H,6H2,1-2H3,(H,18,19). The Balaban J connectivity index is 2.36. The lowest BCUT2D eigenvalue weighted by Crippen LogP contribution is -2.30. The molecule has 1 aliphatic heterocycles. The Morgan fingerprint density at radius 3 is 2.70 bits per heavy atom. The Kier molecular flexibility index (Phi) is 3.56. The molecule has 0 fully saturated rings. The van der Waals surface area contributed by atoms with Gasteiger partial charge in [-0.3, -0.25) is 9.59 Å². The number of carbonyl (C=O) groups is 3. The van der Waals surface area contributed by atoms with Crippen molar-refractivity contribution >= 4 is 23.3 Å². The second-order valence-corrected chi connectivity index (χ2v) is 4.32. The molecule has 0 bridgehead atoms. The third kappa shape index (κ3) is 2.27. The molecule has 1 aromatic carbocycles. The van der Waals surface area contributed by atoms with Gasteiger partial charge in [0.1, 0.15) is 5.75 Å². The van der Waals surface area contributed by atoms with Crippen LogP contribution in [0.3, 0.4) is 0 Å². The van der Waals surface area contributed by atoms with Gasteiger partial charge in [-0.15, -0.1) is 0 Å².